The highest BCUT2D eigenvalue weighted by Gasteiger charge is 2.50. The van der Waals surface area contributed by atoms with Gasteiger partial charge in [0.2, 0.25) is 12.1 Å². The van der Waals surface area contributed by atoms with Crippen LogP contribution in [0, 0.1) is 16.0 Å². The SMILES string of the molecule is CCOC(=O)C(O)(C[N+](=O)[O-])C1CCOCC1. The van der Waals surface area contributed by atoms with Crippen LogP contribution in [0.2, 0.25) is 0 Å². The first-order valence-electron chi connectivity index (χ1n) is 5.60. The van der Waals surface area contributed by atoms with Crippen molar-refractivity contribution in [1.29, 1.82) is 0 Å². The van der Waals surface area contributed by atoms with Gasteiger partial charge in [0.05, 0.1) is 6.61 Å². The van der Waals surface area contributed by atoms with Gasteiger partial charge in [-0.2, -0.15) is 0 Å². The average molecular weight is 247 g/mol. The third kappa shape index (κ3) is 3.37. The molecule has 7 heteroatoms. The molecule has 0 aromatic carbocycles. The molecule has 1 unspecified atom stereocenters. The molecule has 1 rings (SSSR count). The Kier molecular flexibility index (Phi) is 4.83. The molecule has 0 aromatic rings. The fourth-order valence-electron chi connectivity index (χ4n) is 1.99. The number of aliphatic hydroxyl groups is 1. The molecule has 1 fully saturated rings. The summed E-state index contributed by atoms with van der Waals surface area (Å²) in [5, 5.41) is 20.8. The fourth-order valence-corrected chi connectivity index (χ4v) is 1.99. The van der Waals surface area contributed by atoms with Crippen molar-refractivity contribution in [2.24, 2.45) is 5.92 Å². The highest BCUT2D eigenvalue weighted by Crippen LogP contribution is 2.29. The molecule has 98 valence electrons. The van der Waals surface area contributed by atoms with E-state index in [-0.39, 0.29) is 6.61 Å². The van der Waals surface area contributed by atoms with E-state index < -0.39 is 29.0 Å². The Bertz CT molecular complexity index is 289. The number of hydrogen-bond donors (Lipinski definition) is 1. The molecule has 0 amide bonds. The lowest BCUT2D eigenvalue weighted by atomic mass is 9.82. The number of rotatable bonds is 5. The van der Waals surface area contributed by atoms with Crippen molar-refractivity contribution in [3.63, 3.8) is 0 Å². The lowest BCUT2D eigenvalue weighted by molar-refractivity contribution is -0.500. The maximum atomic E-state index is 11.7. The summed E-state index contributed by atoms with van der Waals surface area (Å²) >= 11 is 0. The first kappa shape index (κ1) is 13.9. The molecule has 1 N–H and O–H groups in total. The zero-order valence-electron chi connectivity index (χ0n) is 9.76. The molecule has 1 heterocycles. The van der Waals surface area contributed by atoms with Crippen LogP contribution in [-0.4, -0.2) is 48.0 Å². The highest BCUT2D eigenvalue weighted by molar-refractivity contribution is 5.79. The quantitative estimate of drug-likeness (QED) is 0.416. The molecule has 1 atom stereocenters. The number of carbonyl (C=O) groups is 1. The molecule has 0 saturated carbocycles. The van der Waals surface area contributed by atoms with Crippen molar-refractivity contribution >= 4 is 5.97 Å². The van der Waals surface area contributed by atoms with Crippen molar-refractivity contribution in [1.82, 2.24) is 0 Å². The largest absolute Gasteiger partial charge is 0.464 e. The lowest BCUT2D eigenvalue weighted by Gasteiger charge is -2.33. The van der Waals surface area contributed by atoms with Gasteiger partial charge in [0.1, 0.15) is 0 Å². The Morgan fingerprint density at radius 3 is 2.65 bits per heavy atom. The fraction of sp³-hybridized carbons (Fsp3) is 0.900. The van der Waals surface area contributed by atoms with Gasteiger partial charge in [0.25, 0.3) is 0 Å². The van der Waals surface area contributed by atoms with E-state index >= 15 is 0 Å². The smallest absolute Gasteiger partial charge is 0.345 e. The van der Waals surface area contributed by atoms with Crippen molar-refractivity contribution in [2.75, 3.05) is 26.4 Å². The summed E-state index contributed by atoms with van der Waals surface area (Å²) < 4.78 is 9.83. The van der Waals surface area contributed by atoms with Crippen LogP contribution in [0.25, 0.3) is 0 Å². The van der Waals surface area contributed by atoms with Gasteiger partial charge >= 0.3 is 5.97 Å². The summed E-state index contributed by atoms with van der Waals surface area (Å²) in [4.78, 5) is 21.6. The molecule has 0 bridgehead atoms. The summed E-state index contributed by atoms with van der Waals surface area (Å²) in [5.41, 5.74) is -2.04. The summed E-state index contributed by atoms with van der Waals surface area (Å²) in [6.07, 6.45) is 0.840. The van der Waals surface area contributed by atoms with E-state index in [1.54, 1.807) is 6.92 Å². The minimum atomic E-state index is -2.04. The van der Waals surface area contributed by atoms with Gasteiger partial charge in [-0.25, -0.2) is 4.79 Å². The Labute approximate surface area is 98.9 Å². The van der Waals surface area contributed by atoms with Crippen LogP contribution in [0.1, 0.15) is 19.8 Å². The predicted octanol–water partition coefficient (Wildman–Crippen LogP) is -0.0161. The summed E-state index contributed by atoms with van der Waals surface area (Å²) in [6, 6.07) is 0. The van der Waals surface area contributed by atoms with Gasteiger partial charge in [-0.3, -0.25) is 10.1 Å². The Morgan fingerprint density at radius 2 is 2.18 bits per heavy atom. The minimum Gasteiger partial charge on any atom is -0.464 e. The van der Waals surface area contributed by atoms with Crippen LogP contribution in [0.15, 0.2) is 0 Å². The van der Waals surface area contributed by atoms with E-state index in [1.807, 2.05) is 0 Å². The van der Waals surface area contributed by atoms with Crippen molar-refractivity contribution < 1.29 is 24.3 Å². The topological polar surface area (TPSA) is 98.9 Å². The van der Waals surface area contributed by atoms with Crippen LogP contribution in [0.3, 0.4) is 0 Å². The number of esters is 1. The molecular formula is C10H17NO6. The average Bonchev–Trinajstić information content (AvgIpc) is 2.29. The highest BCUT2D eigenvalue weighted by atomic mass is 16.6. The molecule has 0 aliphatic carbocycles. The molecule has 0 spiro atoms. The Morgan fingerprint density at radius 1 is 1.59 bits per heavy atom. The van der Waals surface area contributed by atoms with E-state index in [0.717, 1.165) is 0 Å². The molecule has 17 heavy (non-hydrogen) atoms. The lowest BCUT2D eigenvalue weighted by Crippen LogP contribution is -2.53. The first-order valence-corrected chi connectivity index (χ1v) is 5.60. The second kappa shape index (κ2) is 5.92. The maximum Gasteiger partial charge on any atom is 0.345 e. The molecular weight excluding hydrogens is 230 g/mol. The Hall–Kier alpha value is -1.21. The van der Waals surface area contributed by atoms with E-state index in [0.29, 0.717) is 26.1 Å². The van der Waals surface area contributed by atoms with Gasteiger partial charge in [-0.05, 0) is 19.8 Å². The second-order valence-corrected chi connectivity index (χ2v) is 4.02. The molecule has 1 saturated heterocycles. The van der Waals surface area contributed by atoms with Crippen molar-refractivity contribution in [2.45, 2.75) is 25.4 Å². The van der Waals surface area contributed by atoms with Crippen LogP contribution >= 0.6 is 0 Å². The van der Waals surface area contributed by atoms with Gasteiger partial charge in [0.15, 0.2) is 0 Å². The van der Waals surface area contributed by atoms with Crippen LogP contribution < -0.4 is 0 Å². The van der Waals surface area contributed by atoms with E-state index in [9.17, 15) is 20.0 Å². The Balaban J connectivity index is 2.82. The monoisotopic (exact) mass is 247 g/mol. The van der Waals surface area contributed by atoms with Gasteiger partial charge < -0.3 is 14.6 Å². The first-order chi connectivity index (χ1) is 8.00. The van der Waals surface area contributed by atoms with E-state index in [1.165, 1.54) is 0 Å². The molecule has 1 aliphatic rings. The number of nitro groups is 1. The van der Waals surface area contributed by atoms with Gasteiger partial charge in [0, 0.05) is 24.1 Å². The molecule has 1 aliphatic heterocycles. The minimum absolute atomic E-state index is 0.0854. The number of ether oxygens (including phenoxy) is 2. The summed E-state index contributed by atoms with van der Waals surface area (Å²) in [7, 11) is 0. The van der Waals surface area contributed by atoms with Crippen molar-refractivity contribution in [3.05, 3.63) is 10.1 Å². The number of nitrogens with zero attached hydrogens (tertiary/aromatic N) is 1. The van der Waals surface area contributed by atoms with Crippen LogP contribution in [0.5, 0.6) is 0 Å². The third-order valence-corrected chi connectivity index (χ3v) is 2.90. The van der Waals surface area contributed by atoms with Crippen LogP contribution in [-0.2, 0) is 14.3 Å². The van der Waals surface area contributed by atoms with Gasteiger partial charge in [-0.1, -0.05) is 0 Å². The molecule has 0 radical (unpaired) electrons. The zero-order chi connectivity index (χ0) is 12.9. The van der Waals surface area contributed by atoms with Crippen molar-refractivity contribution in [3.8, 4) is 0 Å². The molecule has 0 aromatic heterocycles. The molecule has 7 nitrogen and oxygen atoms in total. The third-order valence-electron chi connectivity index (χ3n) is 2.90. The number of carbonyl (C=O) groups excluding carboxylic acids is 1. The predicted molar refractivity (Wildman–Crippen MR) is 57.0 cm³/mol. The standard InChI is InChI=1S/C10H17NO6/c1-2-17-9(12)10(13,7-11(14)15)8-3-5-16-6-4-8/h8,13H,2-7H2,1H3. The summed E-state index contributed by atoms with van der Waals surface area (Å²) in [5.74, 6) is -1.40. The van der Waals surface area contributed by atoms with E-state index in [2.05, 4.69) is 0 Å². The normalized spacial score (nSPS) is 20.6. The zero-order valence-corrected chi connectivity index (χ0v) is 9.76. The number of hydrogen-bond acceptors (Lipinski definition) is 6. The van der Waals surface area contributed by atoms with Gasteiger partial charge in [-0.15, -0.1) is 0 Å². The summed E-state index contributed by atoms with van der Waals surface area (Å²) in [6.45, 7) is 1.64. The maximum absolute atomic E-state index is 11.7. The second-order valence-electron chi connectivity index (χ2n) is 4.02. The van der Waals surface area contributed by atoms with E-state index in [4.69, 9.17) is 9.47 Å². The van der Waals surface area contributed by atoms with Crippen LogP contribution in [0.4, 0.5) is 0 Å².